The lowest BCUT2D eigenvalue weighted by molar-refractivity contribution is -0.123. The van der Waals surface area contributed by atoms with Gasteiger partial charge in [-0.1, -0.05) is 0 Å². The maximum atomic E-state index is 12.4. The van der Waals surface area contributed by atoms with Gasteiger partial charge in [-0.3, -0.25) is 4.79 Å². The molecule has 8 nitrogen and oxygen atoms in total. The summed E-state index contributed by atoms with van der Waals surface area (Å²) in [6.45, 7) is 1.43. The normalized spacial score (nSPS) is 12.1. The van der Waals surface area contributed by atoms with Gasteiger partial charge in [0.15, 0.2) is 6.10 Å². The molecule has 1 amide bonds. The number of hydrogen-bond donors (Lipinski definition) is 2. The summed E-state index contributed by atoms with van der Waals surface area (Å²) in [6, 6.07) is 10.3. The van der Waals surface area contributed by atoms with E-state index in [0.29, 0.717) is 11.4 Å². The van der Waals surface area contributed by atoms with E-state index in [1.54, 1.807) is 18.2 Å². The Labute approximate surface area is 167 Å². The molecule has 0 fully saturated rings. The van der Waals surface area contributed by atoms with Crippen LogP contribution in [0.15, 0.2) is 52.3 Å². The summed E-state index contributed by atoms with van der Waals surface area (Å²) < 4.78 is 32.9. The first-order valence-electron chi connectivity index (χ1n) is 8.02. The Morgan fingerprint density at radius 2 is 1.79 bits per heavy atom. The first-order valence-corrected chi connectivity index (χ1v) is 10.8. The van der Waals surface area contributed by atoms with Crippen molar-refractivity contribution in [1.82, 2.24) is 0 Å². The fraction of sp³-hybridized carbons (Fsp3) is 0.222. The molecule has 10 heteroatoms. The van der Waals surface area contributed by atoms with Gasteiger partial charge in [0.2, 0.25) is 10.0 Å². The number of nitrogens with two attached hydrogens (primary N) is 1. The molecule has 0 radical (unpaired) electrons. The van der Waals surface area contributed by atoms with Crippen LogP contribution in [0.2, 0.25) is 0 Å². The highest BCUT2D eigenvalue weighted by Gasteiger charge is 2.22. The molecule has 0 aliphatic carbocycles. The third-order valence-corrected chi connectivity index (χ3v) is 5.39. The number of rotatable bonds is 7. The lowest BCUT2D eigenvalue weighted by atomic mass is 10.2. The molecule has 2 rings (SSSR count). The van der Waals surface area contributed by atoms with E-state index in [1.165, 1.54) is 50.1 Å². The second-order valence-electron chi connectivity index (χ2n) is 5.67. The second-order valence-corrected chi connectivity index (χ2v) is 8.11. The van der Waals surface area contributed by atoms with Crippen molar-refractivity contribution in [2.24, 2.45) is 5.14 Å². The van der Waals surface area contributed by atoms with Crippen molar-refractivity contribution >= 4 is 39.3 Å². The first-order chi connectivity index (χ1) is 13.2. The maximum absolute atomic E-state index is 12.4. The first kappa shape index (κ1) is 21.7. The highest BCUT2D eigenvalue weighted by Crippen LogP contribution is 2.26. The van der Waals surface area contributed by atoms with Gasteiger partial charge in [0, 0.05) is 10.6 Å². The minimum atomic E-state index is -3.82. The van der Waals surface area contributed by atoms with Gasteiger partial charge in [0.1, 0.15) is 11.3 Å². The van der Waals surface area contributed by atoms with Crippen LogP contribution in [-0.4, -0.2) is 39.8 Å². The van der Waals surface area contributed by atoms with E-state index in [4.69, 9.17) is 14.6 Å². The van der Waals surface area contributed by atoms with E-state index in [1.807, 2.05) is 6.26 Å². The monoisotopic (exact) mass is 424 g/mol. The number of ether oxygens (including phenoxy) is 2. The van der Waals surface area contributed by atoms with Gasteiger partial charge < -0.3 is 14.8 Å². The summed E-state index contributed by atoms with van der Waals surface area (Å²) in [7, 11) is -2.38. The molecule has 2 aromatic rings. The molecule has 28 heavy (non-hydrogen) atoms. The molecule has 0 bridgehead atoms. The zero-order chi connectivity index (χ0) is 20.9. The average Bonchev–Trinajstić information content (AvgIpc) is 2.66. The van der Waals surface area contributed by atoms with Gasteiger partial charge in [-0.2, -0.15) is 0 Å². The second kappa shape index (κ2) is 9.09. The summed E-state index contributed by atoms with van der Waals surface area (Å²) in [5.41, 5.74) is 0.541. The van der Waals surface area contributed by atoms with E-state index in [2.05, 4.69) is 5.32 Å². The minimum Gasteiger partial charge on any atom is -0.496 e. The topological polar surface area (TPSA) is 125 Å². The lowest BCUT2D eigenvalue weighted by Crippen LogP contribution is -2.30. The van der Waals surface area contributed by atoms with Crippen LogP contribution >= 0.6 is 11.8 Å². The predicted molar refractivity (Wildman–Crippen MR) is 106 cm³/mol. The van der Waals surface area contributed by atoms with Crippen molar-refractivity contribution in [2.75, 3.05) is 18.7 Å². The third-order valence-electron chi connectivity index (χ3n) is 3.73. The van der Waals surface area contributed by atoms with Crippen LogP contribution in [0.5, 0.6) is 5.75 Å². The maximum Gasteiger partial charge on any atom is 0.342 e. The number of esters is 1. The number of hydrogen-bond acceptors (Lipinski definition) is 7. The number of nitrogens with one attached hydrogen (secondary N) is 1. The fourth-order valence-electron chi connectivity index (χ4n) is 2.22. The van der Waals surface area contributed by atoms with Crippen molar-refractivity contribution in [3.8, 4) is 5.75 Å². The summed E-state index contributed by atoms with van der Waals surface area (Å²) in [4.78, 5) is 25.5. The number of benzene rings is 2. The largest absolute Gasteiger partial charge is 0.496 e. The predicted octanol–water partition coefficient (Wildman–Crippen LogP) is 2.25. The number of sulfonamides is 1. The third kappa shape index (κ3) is 5.47. The molecule has 0 aliphatic rings. The Hall–Kier alpha value is -2.56. The van der Waals surface area contributed by atoms with Gasteiger partial charge in [0.25, 0.3) is 5.91 Å². The van der Waals surface area contributed by atoms with E-state index in [0.717, 1.165) is 4.90 Å². The number of thioether (sulfide) groups is 1. The molecular formula is C18H20N2O6S2. The molecule has 0 aliphatic heterocycles. The number of primary sulfonamides is 1. The molecule has 2 aromatic carbocycles. The Morgan fingerprint density at radius 3 is 2.32 bits per heavy atom. The van der Waals surface area contributed by atoms with Crippen molar-refractivity contribution in [1.29, 1.82) is 0 Å². The molecule has 0 spiro atoms. The quantitative estimate of drug-likeness (QED) is 0.516. The zero-order valence-electron chi connectivity index (χ0n) is 15.5. The van der Waals surface area contributed by atoms with Gasteiger partial charge >= 0.3 is 5.97 Å². The molecule has 0 saturated heterocycles. The summed E-state index contributed by atoms with van der Waals surface area (Å²) in [5.74, 6) is -0.920. The van der Waals surface area contributed by atoms with Crippen molar-refractivity contribution in [2.45, 2.75) is 22.8 Å². The highest BCUT2D eigenvalue weighted by atomic mass is 32.2. The molecule has 1 unspecified atom stereocenters. The Bertz CT molecular complexity index is 974. The van der Waals surface area contributed by atoms with E-state index >= 15 is 0 Å². The molecule has 150 valence electrons. The van der Waals surface area contributed by atoms with Crippen LogP contribution in [0.4, 0.5) is 5.69 Å². The molecule has 0 aromatic heterocycles. The fourth-order valence-corrected chi connectivity index (χ4v) is 3.16. The van der Waals surface area contributed by atoms with Crippen LogP contribution in [0.25, 0.3) is 0 Å². The van der Waals surface area contributed by atoms with Crippen LogP contribution in [0.1, 0.15) is 17.3 Å². The van der Waals surface area contributed by atoms with E-state index < -0.39 is 28.0 Å². The van der Waals surface area contributed by atoms with Crippen LogP contribution in [0.3, 0.4) is 0 Å². The number of anilines is 1. The molecule has 3 N–H and O–H groups in total. The van der Waals surface area contributed by atoms with Crippen LogP contribution < -0.4 is 15.2 Å². The Kier molecular flexibility index (Phi) is 7.05. The highest BCUT2D eigenvalue weighted by molar-refractivity contribution is 7.98. The number of amides is 1. The van der Waals surface area contributed by atoms with Crippen molar-refractivity contribution < 1.29 is 27.5 Å². The summed E-state index contributed by atoms with van der Waals surface area (Å²) >= 11 is 1.50. The van der Waals surface area contributed by atoms with Crippen molar-refractivity contribution in [3.05, 3.63) is 48.0 Å². The summed E-state index contributed by atoms with van der Waals surface area (Å²) in [5, 5.41) is 7.56. The van der Waals surface area contributed by atoms with Crippen LogP contribution in [0, 0.1) is 0 Å². The average molecular weight is 425 g/mol. The van der Waals surface area contributed by atoms with Gasteiger partial charge in [-0.05, 0) is 55.6 Å². The SMILES string of the molecule is COc1cc(SC)ccc1C(=O)OC(C)C(=O)Nc1ccc(S(N)(=O)=O)cc1. The molecule has 0 heterocycles. The molecule has 1 atom stereocenters. The number of methoxy groups -OCH3 is 1. The van der Waals surface area contributed by atoms with E-state index in [9.17, 15) is 18.0 Å². The Morgan fingerprint density at radius 1 is 1.14 bits per heavy atom. The van der Waals surface area contributed by atoms with Crippen molar-refractivity contribution in [3.63, 3.8) is 0 Å². The Balaban J connectivity index is 2.05. The summed E-state index contributed by atoms with van der Waals surface area (Å²) in [6.07, 6.45) is 0.810. The smallest absolute Gasteiger partial charge is 0.342 e. The van der Waals surface area contributed by atoms with Crippen LogP contribution in [-0.2, 0) is 19.6 Å². The van der Waals surface area contributed by atoms with E-state index in [-0.39, 0.29) is 10.5 Å². The van der Waals surface area contributed by atoms with Gasteiger partial charge in [-0.25, -0.2) is 18.4 Å². The lowest BCUT2D eigenvalue weighted by Gasteiger charge is -2.15. The van der Waals surface area contributed by atoms with Gasteiger partial charge in [0.05, 0.1) is 12.0 Å². The minimum absolute atomic E-state index is 0.0780. The number of carbonyl (C=O) groups excluding carboxylic acids is 2. The standard InChI is InChI=1S/C18H20N2O6S2/c1-11(17(21)20-12-4-7-14(8-5-12)28(19,23)24)26-18(22)15-9-6-13(27-3)10-16(15)25-2/h4-11H,1-3H3,(H,20,21)(H2,19,23,24). The zero-order valence-corrected chi connectivity index (χ0v) is 17.1. The number of carbonyl (C=O) groups is 2. The molecular weight excluding hydrogens is 404 g/mol. The van der Waals surface area contributed by atoms with Gasteiger partial charge in [-0.15, -0.1) is 11.8 Å². The molecule has 0 saturated carbocycles.